The van der Waals surface area contributed by atoms with E-state index in [4.69, 9.17) is 5.11 Å². The topological polar surface area (TPSA) is 258 Å². The molecule has 0 heterocycles. The van der Waals surface area contributed by atoms with Gasteiger partial charge in [-0.05, 0) is 215 Å². The van der Waals surface area contributed by atoms with Crippen LogP contribution in [0.2, 0.25) is 0 Å². The van der Waals surface area contributed by atoms with Crippen molar-refractivity contribution in [2.24, 2.45) is 17.8 Å². The van der Waals surface area contributed by atoms with Crippen LogP contribution < -0.4 is 26.6 Å². The van der Waals surface area contributed by atoms with Crippen molar-refractivity contribution in [1.82, 2.24) is 51.1 Å². The van der Waals surface area contributed by atoms with Crippen LogP contribution in [0.15, 0.2) is 0 Å². The molecular formula is C108H238N10O9. The van der Waals surface area contributed by atoms with Crippen molar-refractivity contribution in [3.8, 4) is 0 Å². The van der Waals surface area contributed by atoms with Gasteiger partial charge in [0.25, 0.3) is 0 Å². The molecule has 0 rings (SSSR count). The molecule has 19 nitrogen and oxygen atoms in total. The molecule has 0 aromatic rings. The van der Waals surface area contributed by atoms with Gasteiger partial charge in [0.2, 0.25) is 0 Å². The number of rotatable bonds is 94. The number of likely N-dealkylation sites (N-methyl/N-ethyl adjacent to an activating group) is 3. The molecule has 0 saturated heterocycles. The number of aliphatic hydroxyl groups excluding tert-OH is 9. The van der Waals surface area contributed by atoms with Crippen LogP contribution in [0.25, 0.3) is 0 Å². The zero-order valence-electron chi connectivity index (χ0n) is 88.1. The average Bonchev–Trinajstić information content (AvgIpc) is 0.962. The highest BCUT2D eigenvalue weighted by atomic mass is 16.3. The van der Waals surface area contributed by atoms with Crippen LogP contribution in [0.4, 0.5) is 0 Å². The number of nitrogens with zero attached hydrogens (tertiary/aromatic N) is 5. The molecule has 0 aliphatic carbocycles. The fourth-order valence-corrected chi connectivity index (χ4v) is 16.3. The number of unbranched alkanes of at least 4 members (excludes halogenated alkanes) is 39. The molecule has 0 radical (unpaired) electrons. The second-order valence-corrected chi connectivity index (χ2v) is 39.2. The SMILES string of the molecule is C.CCC(O)CNCCCNC.CCCCCCCCCCC(C)C(O)CN(C)CCCNC.CCCCCCCCCCC(C)C(O)CN(C)CCCNCC(O)CC.CCCCCCCCCCCCC(O)CN(CCCN(C)CC(O)C(C)CCCCCCCCCC)CC(O)CC.CCCCCCCCCCCCC(O)CN(CCCNC)CC(O)CC. The van der Waals surface area contributed by atoms with Crippen LogP contribution in [-0.2, 0) is 0 Å². The smallest absolute Gasteiger partial charge is 0.0692 e. The Hall–Kier alpha value is -0.760. The zero-order chi connectivity index (χ0) is 94.8. The lowest BCUT2D eigenvalue weighted by molar-refractivity contribution is 0.0564. The molecule has 0 amide bonds. The van der Waals surface area contributed by atoms with Gasteiger partial charge in [-0.1, -0.05) is 373 Å². The zero-order valence-corrected chi connectivity index (χ0v) is 88.1. The fourth-order valence-electron chi connectivity index (χ4n) is 16.3. The van der Waals surface area contributed by atoms with Crippen LogP contribution in [0.5, 0.6) is 0 Å². The van der Waals surface area contributed by atoms with Gasteiger partial charge in [0.15, 0.2) is 0 Å². The Morgan fingerprint density at radius 1 is 0.213 bits per heavy atom. The second kappa shape index (κ2) is 111. The normalized spacial score (nSPS) is 14.6. The Balaban J connectivity index is -0.000000377. The molecule has 0 aliphatic heterocycles. The molecule has 12 unspecified atom stereocenters. The quantitative estimate of drug-likeness (QED) is 0.0253. The van der Waals surface area contributed by atoms with Gasteiger partial charge in [-0.15, -0.1) is 0 Å². The lowest BCUT2D eigenvalue weighted by Gasteiger charge is -2.29. The van der Waals surface area contributed by atoms with Gasteiger partial charge in [-0.3, -0.25) is 9.80 Å². The Kier molecular flexibility index (Phi) is 119. The summed E-state index contributed by atoms with van der Waals surface area (Å²) >= 11 is 0. The maximum Gasteiger partial charge on any atom is 0.0692 e. The van der Waals surface area contributed by atoms with Crippen molar-refractivity contribution >= 4 is 0 Å². The predicted molar refractivity (Wildman–Crippen MR) is 560 cm³/mol. The molecule has 12 atom stereocenters. The van der Waals surface area contributed by atoms with Crippen molar-refractivity contribution in [3.05, 3.63) is 0 Å². The van der Waals surface area contributed by atoms with E-state index in [0.717, 1.165) is 188 Å². The van der Waals surface area contributed by atoms with Crippen molar-refractivity contribution in [2.75, 3.05) is 167 Å². The molecule has 0 aromatic heterocycles. The largest absolute Gasteiger partial charge is 0.392 e. The second-order valence-electron chi connectivity index (χ2n) is 39.2. The van der Waals surface area contributed by atoms with Crippen LogP contribution in [-0.4, -0.2) is 292 Å². The summed E-state index contributed by atoms with van der Waals surface area (Å²) in [5, 5.41) is 107. The summed E-state index contributed by atoms with van der Waals surface area (Å²) in [6, 6.07) is 0. The van der Waals surface area contributed by atoms with E-state index in [1.165, 1.54) is 276 Å². The van der Waals surface area contributed by atoms with Gasteiger partial charge < -0.3 is 87.2 Å². The van der Waals surface area contributed by atoms with E-state index in [9.17, 15) is 40.9 Å². The fraction of sp³-hybridized carbons (Fsp3) is 1.00. The summed E-state index contributed by atoms with van der Waals surface area (Å²) in [5.74, 6) is 1.15. The minimum atomic E-state index is -0.337. The molecule has 0 aliphatic rings. The average molecular weight is 1820 g/mol. The van der Waals surface area contributed by atoms with Gasteiger partial charge in [-0.2, -0.15) is 0 Å². The number of hydrogen-bond donors (Lipinski definition) is 14. The van der Waals surface area contributed by atoms with E-state index in [1.807, 2.05) is 48.8 Å². The lowest BCUT2D eigenvalue weighted by atomic mass is 9.96. The first-order chi connectivity index (χ1) is 60.9. The van der Waals surface area contributed by atoms with Crippen LogP contribution in [0, 0.1) is 17.8 Å². The van der Waals surface area contributed by atoms with E-state index >= 15 is 0 Å². The highest BCUT2D eigenvalue weighted by molar-refractivity contribution is 4.76. The van der Waals surface area contributed by atoms with Crippen molar-refractivity contribution in [3.63, 3.8) is 0 Å². The van der Waals surface area contributed by atoms with Gasteiger partial charge in [0.05, 0.1) is 54.9 Å². The van der Waals surface area contributed by atoms with Crippen molar-refractivity contribution in [2.45, 2.75) is 518 Å². The Bertz CT molecular complexity index is 1970. The molecular weight excluding hydrogens is 1580 g/mol. The van der Waals surface area contributed by atoms with E-state index < -0.39 is 0 Å². The molecule has 0 saturated carbocycles. The third-order valence-electron chi connectivity index (χ3n) is 25.9. The third-order valence-corrected chi connectivity index (χ3v) is 25.9. The van der Waals surface area contributed by atoms with Crippen LogP contribution in [0.3, 0.4) is 0 Å². The number of aliphatic hydroxyl groups is 9. The van der Waals surface area contributed by atoms with Crippen molar-refractivity contribution < 1.29 is 46.0 Å². The van der Waals surface area contributed by atoms with E-state index in [1.54, 1.807) is 0 Å². The molecule has 0 fully saturated rings. The summed E-state index contributed by atoms with van der Waals surface area (Å²) in [5.41, 5.74) is 0. The van der Waals surface area contributed by atoms with Gasteiger partial charge in [0, 0.05) is 58.9 Å². The first-order valence-electron chi connectivity index (χ1n) is 54.9. The summed E-state index contributed by atoms with van der Waals surface area (Å²) in [6.07, 6.45) is 70.2. The molecule has 0 aromatic carbocycles. The highest BCUT2D eigenvalue weighted by Gasteiger charge is 2.22. The predicted octanol–water partition coefficient (Wildman–Crippen LogP) is 21.8. The molecule has 127 heavy (non-hydrogen) atoms. The van der Waals surface area contributed by atoms with Crippen LogP contribution >= 0.6 is 0 Å². The van der Waals surface area contributed by atoms with Crippen LogP contribution in [0.1, 0.15) is 463 Å². The molecule has 0 spiro atoms. The Labute approximate surface area is 795 Å². The lowest BCUT2D eigenvalue weighted by Crippen LogP contribution is -2.40. The Morgan fingerprint density at radius 2 is 0.417 bits per heavy atom. The minimum absolute atomic E-state index is 0. The van der Waals surface area contributed by atoms with E-state index in [-0.39, 0.29) is 62.4 Å². The summed E-state index contributed by atoms with van der Waals surface area (Å²) in [7, 11) is 12.2. The maximum atomic E-state index is 10.7. The Morgan fingerprint density at radius 3 is 0.677 bits per heavy atom. The standard InChI is InChI=1S/C36H76N2O3.2C22H48N2O2.C19H42N2O.C8H20N2O.CH4/c1-6-9-11-13-15-17-18-20-22-24-27-35(40)31-38(30-34(39)8-3)29-25-28-37(5)32-36(41)33(4)26-23-21-19-16-14-12-10-7-2;1-5-7-8-9-10-11-12-13-15-20(3)22(26)19-24(4)17-14-16-23-18-21(25)6-2;1-4-6-7-8-9-10-11-12-13-14-16-22(26)20-24(18-15-17-23-3)19-21(25)5-2;1-5-6-7-8-9-10-11-12-14-18(2)19(22)17-21(4)16-13-15-20-3;1-3-8(11)7-10-6-4-5-9-2;/h33-36,39-41H,6-32H2,1-5H3;20-23,25-26H,5-19H2,1-4H3;21-23,25-26H,4-20H2,1-3H3;18-20,22H,5-17H2,1-4H3;8-11H,3-7H2,1-2H3;1H4. The first-order valence-corrected chi connectivity index (χ1v) is 54.9. The molecule has 774 valence electrons. The van der Waals surface area contributed by atoms with E-state index in [0.29, 0.717) is 50.5 Å². The third kappa shape index (κ3) is 109. The monoisotopic (exact) mass is 1820 g/mol. The van der Waals surface area contributed by atoms with Gasteiger partial charge in [0.1, 0.15) is 0 Å². The summed E-state index contributed by atoms with van der Waals surface area (Å²) < 4.78 is 0. The van der Waals surface area contributed by atoms with E-state index in [2.05, 4.69) is 128 Å². The minimum Gasteiger partial charge on any atom is -0.392 e. The molecule has 19 heteroatoms. The highest BCUT2D eigenvalue weighted by Crippen LogP contribution is 2.22. The summed E-state index contributed by atoms with van der Waals surface area (Å²) in [4.78, 5) is 11.2. The van der Waals surface area contributed by atoms with Crippen molar-refractivity contribution in [1.29, 1.82) is 0 Å². The number of nitrogens with one attached hydrogen (secondary N) is 5. The molecule has 0 bridgehead atoms. The van der Waals surface area contributed by atoms with Gasteiger partial charge >= 0.3 is 0 Å². The maximum absolute atomic E-state index is 10.7. The molecule has 14 N–H and O–H groups in total. The van der Waals surface area contributed by atoms with Gasteiger partial charge in [-0.25, -0.2) is 0 Å². The first kappa shape index (κ1) is 137. The summed E-state index contributed by atoms with van der Waals surface area (Å²) in [6.45, 7) is 42.0. The number of hydrogen-bond acceptors (Lipinski definition) is 19.